The van der Waals surface area contributed by atoms with Crippen molar-refractivity contribution in [1.82, 2.24) is 10.2 Å². The summed E-state index contributed by atoms with van der Waals surface area (Å²) in [5.41, 5.74) is 1.94. The van der Waals surface area contributed by atoms with Gasteiger partial charge in [-0.3, -0.25) is 13.9 Å². The third-order valence-electron chi connectivity index (χ3n) is 6.00. The Morgan fingerprint density at radius 1 is 0.923 bits per heavy atom. The van der Waals surface area contributed by atoms with Gasteiger partial charge in [-0.1, -0.05) is 54.1 Å². The molecule has 208 valence electrons. The number of hydrogen-bond donors (Lipinski definition) is 1. The average molecular weight is 572 g/mol. The van der Waals surface area contributed by atoms with Gasteiger partial charge in [-0.25, -0.2) is 8.42 Å². The highest BCUT2D eigenvalue weighted by Gasteiger charge is 2.32. The Bertz CT molecular complexity index is 1330. The minimum Gasteiger partial charge on any atom is -0.494 e. The van der Waals surface area contributed by atoms with E-state index in [2.05, 4.69) is 5.32 Å². The van der Waals surface area contributed by atoms with E-state index in [1.165, 1.54) is 4.90 Å². The standard InChI is InChI=1S/C29H34ClN3O5S/c1-4-31-29(35)27(19-22-9-7-6-8-10-22)32(20-23-11-13-24(30)14-12-23)28(34)21-33(39(3,36)37)25-15-17-26(18-16-25)38-5-2/h6-18,27H,4-5,19-21H2,1-3H3,(H,31,35). The molecular weight excluding hydrogens is 538 g/mol. The van der Waals surface area contributed by atoms with E-state index in [1.54, 1.807) is 55.5 Å². The summed E-state index contributed by atoms with van der Waals surface area (Å²) in [6.45, 7) is 4.12. The summed E-state index contributed by atoms with van der Waals surface area (Å²) in [5, 5.41) is 3.37. The number of hydrogen-bond acceptors (Lipinski definition) is 5. The number of benzene rings is 3. The summed E-state index contributed by atoms with van der Waals surface area (Å²) in [6, 6.07) is 22.0. The molecule has 39 heavy (non-hydrogen) atoms. The lowest BCUT2D eigenvalue weighted by Crippen LogP contribution is -2.53. The van der Waals surface area contributed by atoms with Crippen molar-refractivity contribution in [3.05, 3.63) is 95.0 Å². The Hall–Kier alpha value is -3.56. The monoisotopic (exact) mass is 571 g/mol. The summed E-state index contributed by atoms with van der Waals surface area (Å²) in [7, 11) is -3.84. The fraction of sp³-hybridized carbons (Fsp3) is 0.310. The number of carbonyl (C=O) groups excluding carboxylic acids is 2. The third-order valence-corrected chi connectivity index (χ3v) is 7.40. The summed E-state index contributed by atoms with van der Waals surface area (Å²) >= 11 is 6.06. The van der Waals surface area contributed by atoms with Gasteiger partial charge in [0.1, 0.15) is 18.3 Å². The fourth-order valence-electron chi connectivity index (χ4n) is 4.12. The molecule has 0 radical (unpaired) electrons. The van der Waals surface area contributed by atoms with Crippen LogP contribution in [0.15, 0.2) is 78.9 Å². The van der Waals surface area contributed by atoms with Crippen LogP contribution < -0.4 is 14.4 Å². The quantitative estimate of drug-likeness (QED) is 0.330. The number of rotatable bonds is 13. The van der Waals surface area contributed by atoms with Crippen molar-refractivity contribution >= 4 is 39.1 Å². The van der Waals surface area contributed by atoms with Crippen LogP contribution in [0.1, 0.15) is 25.0 Å². The first kappa shape index (κ1) is 30.0. The first-order chi connectivity index (χ1) is 18.6. The highest BCUT2D eigenvalue weighted by Crippen LogP contribution is 2.23. The van der Waals surface area contributed by atoms with Gasteiger partial charge in [0.05, 0.1) is 18.6 Å². The zero-order valence-corrected chi connectivity index (χ0v) is 23.9. The third kappa shape index (κ3) is 8.73. The van der Waals surface area contributed by atoms with Crippen LogP contribution in [-0.4, -0.2) is 57.1 Å². The number of nitrogens with one attached hydrogen (secondary N) is 1. The molecule has 0 fully saturated rings. The molecular formula is C29H34ClN3O5S. The number of halogens is 1. The molecule has 0 aliphatic carbocycles. The van der Waals surface area contributed by atoms with Gasteiger partial charge < -0.3 is 15.0 Å². The van der Waals surface area contributed by atoms with Crippen LogP contribution in [0.4, 0.5) is 5.69 Å². The van der Waals surface area contributed by atoms with Gasteiger partial charge in [-0.15, -0.1) is 0 Å². The predicted octanol–water partition coefficient (Wildman–Crippen LogP) is 4.28. The van der Waals surface area contributed by atoms with E-state index in [-0.39, 0.29) is 18.9 Å². The minimum atomic E-state index is -3.84. The number of amides is 2. The van der Waals surface area contributed by atoms with Crippen LogP contribution in [0.3, 0.4) is 0 Å². The maximum atomic E-state index is 13.9. The van der Waals surface area contributed by atoms with E-state index >= 15 is 0 Å². The Kier molecular flexibility index (Phi) is 10.8. The second kappa shape index (κ2) is 14.0. The minimum absolute atomic E-state index is 0.0888. The van der Waals surface area contributed by atoms with E-state index < -0.39 is 28.5 Å². The van der Waals surface area contributed by atoms with Gasteiger partial charge in [0.15, 0.2) is 0 Å². The van der Waals surface area contributed by atoms with Crippen molar-refractivity contribution in [1.29, 1.82) is 0 Å². The molecule has 0 bridgehead atoms. The molecule has 0 heterocycles. The first-order valence-corrected chi connectivity index (χ1v) is 14.9. The summed E-state index contributed by atoms with van der Waals surface area (Å²) in [4.78, 5) is 28.7. The summed E-state index contributed by atoms with van der Waals surface area (Å²) < 4.78 is 32.1. The van der Waals surface area contributed by atoms with E-state index in [9.17, 15) is 18.0 Å². The van der Waals surface area contributed by atoms with Gasteiger partial charge in [-0.2, -0.15) is 0 Å². The van der Waals surface area contributed by atoms with Crippen LogP contribution >= 0.6 is 11.6 Å². The fourth-order valence-corrected chi connectivity index (χ4v) is 5.10. The van der Waals surface area contributed by atoms with Crippen molar-refractivity contribution in [3.8, 4) is 5.75 Å². The van der Waals surface area contributed by atoms with Gasteiger partial charge in [0.2, 0.25) is 21.8 Å². The molecule has 0 saturated heterocycles. The lowest BCUT2D eigenvalue weighted by atomic mass is 10.0. The van der Waals surface area contributed by atoms with Gasteiger partial charge in [-0.05, 0) is 61.4 Å². The second-order valence-electron chi connectivity index (χ2n) is 8.94. The van der Waals surface area contributed by atoms with E-state index in [0.717, 1.165) is 21.7 Å². The van der Waals surface area contributed by atoms with Gasteiger partial charge >= 0.3 is 0 Å². The molecule has 0 spiro atoms. The number of likely N-dealkylation sites (N-methyl/N-ethyl adjacent to an activating group) is 1. The Morgan fingerprint density at radius 3 is 2.13 bits per heavy atom. The SMILES string of the molecule is CCNC(=O)C(Cc1ccccc1)N(Cc1ccc(Cl)cc1)C(=O)CN(c1ccc(OCC)cc1)S(C)(=O)=O. The van der Waals surface area contributed by atoms with E-state index in [4.69, 9.17) is 16.3 Å². The molecule has 3 aromatic carbocycles. The Morgan fingerprint density at radius 2 is 1.56 bits per heavy atom. The highest BCUT2D eigenvalue weighted by molar-refractivity contribution is 7.92. The van der Waals surface area contributed by atoms with Crippen molar-refractivity contribution in [3.63, 3.8) is 0 Å². The zero-order chi connectivity index (χ0) is 28.4. The van der Waals surface area contributed by atoms with Gasteiger partial charge in [0, 0.05) is 24.5 Å². The summed E-state index contributed by atoms with van der Waals surface area (Å²) in [5.74, 6) is -0.253. The molecule has 0 aliphatic heterocycles. The first-order valence-electron chi connectivity index (χ1n) is 12.7. The van der Waals surface area contributed by atoms with Crippen molar-refractivity contribution in [2.45, 2.75) is 32.9 Å². The molecule has 2 amide bonds. The van der Waals surface area contributed by atoms with Crippen LogP contribution in [0.2, 0.25) is 5.02 Å². The molecule has 8 nitrogen and oxygen atoms in total. The van der Waals surface area contributed by atoms with E-state index in [1.807, 2.05) is 37.3 Å². The van der Waals surface area contributed by atoms with Crippen LogP contribution in [0.25, 0.3) is 0 Å². The molecule has 1 atom stereocenters. The Labute approximate surface area is 235 Å². The normalized spacial score (nSPS) is 11.9. The maximum Gasteiger partial charge on any atom is 0.244 e. The maximum absolute atomic E-state index is 13.9. The molecule has 1 unspecified atom stereocenters. The van der Waals surface area contributed by atoms with Crippen LogP contribution in [0, 0.1) is 0 Å². The van der Waals surface area contributed by atoms with Crippen LogP contribution in [-0.2, 0) is 32.6 Å². The highest BCUT2D eigenvalue weighted by atomic mass is 35.5. The number of sulfonamides is 1. The molecule has 0 saturated carbocycles. The average Bonchev–Trinajstić information content (AvgIpc) is 2.91. The molecule has 3 aromatic rings. The smallest absolute Gasteiger partial charge is 0.244 e. The number of nitrogens with zero attached hydrogens (tertiary/aromatic N) is 2. The van der Waals surface area contributed by atoms with Crippen LogP contribution in [0.5, 0.6) is 5.75 Å². The largest absolute Gasteiger partial charge is 0.494 e. The number of anilines is 1. The lowest BCUT2D eigenvalue weighted by molar-refractivity contribution is -0.140. The Balaban J connectivity index is 2.00. The zero-order valence-electron chi connectivity index (χ0n) is 22.3. The van der Waals surface area contributed by atoms with Gasteiger partial charge in [0.25, 0.3) is 0 Å². The second-order valence-corrected chi connectivity index (χ2v) is 11.3. The topological polar surface area (TPSA) is 96.0 Å². The summed E-state index contributed by atoms with van der Waals surface area (Å²) in [6.07, 6.45) is 1.31. The predicted molar refractivity (Wildman–Crippen MR) is 154 cm³/mol. The van der Waals surface area contributed by atoms with Crippen molar-refractivity contribution in [2.75, 3.05) is 30.3 Å². The molecule has 0 aliphatic rings. The lowest BCUT2D eigenvalue weighted by Gasteiger charge is -2.33. The molecule has 0 aromatic heterocycles. The van der Waals surface area contributed by atoms with Crippen molar-refractivity contribution < 1.29 is 22.7 Å². The molecule has 1 N–H and O–H groups in total. The number of ether oxygens (including phenoxy) is 1. The van der Waals surface area contributed by atoms with E-state index in [0.29, 0.717) is 29.6 Å². The van der Waals surface area contributed by atoms with Crippen molar-refractivity contribution in [2.24, 2.45) is 0 Å². The molecule has 10 heteroatoms. The molecule has 3 rings (SSSR count). The number of carbonyl (C=O) groups is 2.